The lowest BCUT2D eigenvalue weighted by atomic mass is 9.58. The van der Waals surface area contributed by atoms with Crippen molar-refractivity contribution in [2.45, 2.75) is 48.3 Å². The van der Waals surface area contributed by atoms with E-state index in [0.29, 0.717) is 9.74 Å². The number of benzene rings is 1. The van der Waals surface area contributed by atoms with E-state index in [1.165, 1.54) is 44.1 Å². The molecule has 4 rings (SSSR count). The first-order chi connectivity index (χ1) is 8.57. The van der Waals surface area contributed by atoms with Crippen molar-refractivity contribution in [1.29, 1.82) is 0 Å². The van der Waals surface area contributed by atoms with Gasteiger partial charge in [-0.05, 0) is 62.1 Å². The molecule has 0 amide bonds. The average molecular weight is 330 g/mol. The van der Waals surface area contributed by atoms with Crippen LogP contribution in [0.25, 0.3) is 0 Å². The van der Waals surface area contributed by atoms with E-state index in [9.17, 15) is 0 Å². The van der Waals surface area contributed by atoms with Gasteiger partial charge in [0, 0.05) is 14.9 Å². The second-order valence-electron chi connectivity index (χ2n) is 5.78. The number of rotatable bonds is 2. The predicted octanol–water partition coefficient (Wildman–Crippen LogP) is 5.09. The molecule has 0 atom stereocenters. The van der Waals surface area contributed by atoms with E-state index in [1.807, 2.05) is 12.1 Å². The van der Waals surface area contributed by atoms with Crippen LogP contribution in [0.3, 0.4) is 0 Å². The van der Waals surface area contributed by atoms with Crippen LogP contribution >= 0.6 is 27.5 Å². The molecule has 0 radical (unpaired) electrons. The molecule has 1 aromatic rings. The largest absolute Gasteiger partial charge is 0.496 e. The highest BCUT2D eigenvalue weighted by Gasteiger charge is 2.49. The Morgan fingerprint density at radius 1 is 1.11 bits per heavy atom. The summed E-state index contributed by atoms with van der Waals surface area (Å²) >= 11 is 10.1. The molecule has 2 bridgehead atoms. The summed E-state index contributed by atoms with van der Waals surface area (Å²) in [5.41, 5.74) is 1.62. The highest BCUT2D eigenvalue weighted by atomic mass is 79.9. The zero-order valence-electron chi connectivity index (χ0n) is 10.6. The van der Waals surface area contributed by atoms with E-state index in [2.05, 4.69) is 22.0 Å². The van der Waals surface area contributed by atoms with Crippen molar-refractivity contribution in [3.05, 3.63) is 28.8 Å². The van der Waals surface area contributed by atoms with Crippen molar-refractivity contribution < 1.29 is 4.74 Å². The molecule has 0 aliphatic heterocycles. The van der Waals surface area contributed by atoms with Crippen molar-refractivity contribution >= 4 is 27.5 Å². The third-order valence-electron chi connectivity index (χ3n) is 4.89. The van der Waals surface area contributed by atoms with Crippen LogP contribution in [0.5, 0.6) is 5.75 Å². The second-order valence-corrected chi connectivity index (χ2v) is 7.89. The van der Waals surface area contributed by atoms with Gasteiger partial charge >= 0.3 is 0 Å². The summed E-state index contributed by atoms with van der Waals surface area (Å²) in [6, 6.07) is 6.05. The van der Waals surface area contributed by atoms with Gasteiger partial charge in [-0.3, -0.25) is 0 Å². The average Bonchev–Trinajstić information content (AvgIpc) is 2.40. The van der Waals surface area contributed by atoms with Crippen LogP contribution in [-0.2, 0) is 5.41 Å². The van der Waals surface area contributed by atoms with Crippen molar-refractivity contribution in [3.63, 3.8) is 0 Å². The topological polar surface area (TPSA) is 9.23 Å². The van der Waals surface area contributed by atoms with Crippen LogP contribution < -0.4 is 4.74 Å². The maximum Gasteiger partial charge on any atom is 0.122 e. The Morgan fingerprint density at radius 3 is 2.28 bits per heavy atom. The molecule has 98 valence electrons. The van der Waals surface area contributed by atoms with Crippen molar-refractivity contribution in [1.82, 2.24) is 0 Å². The Morgan fingerprint density at radius 2 is 1.72 bits per heavy atom. The zero-order chi connectivity index (χ0) is 12.8. The van der Waals surface area contributed by atoms with Gasteiger partial charge in [0.1, 0.15) is 5.75 Å². The number of fused-ring (bicyclic) bond motifs is 3. The number of halogens is 2. The Balaban J connectivity index is 2.02. The minimum atomic E-state index is 0.297. The molecule has 0 saturated heterocycles. The lowest BCUT2D eigenvalue weighted by molar-refractivity contribution is 0.159. The summed E-state index contributed by atoms with van der Waals surface area (Å²) in [4.78, 5) is 0. The first-order valence-corrected chi connectivity index (χ1v) is 7.77. The van der Waals surface area contributed by atoms with Crippen LogP contribution in [0.2, 0.25) is 5.02 Å². The molecule has 0 spiro atoms. The molecule has 1 nitrogen and oxygen atoms in total. The minimum absolute atomic E-state index is 0.297. The van der Waals surface area contributed by atoms with Crippen LogP contribution in [0.1, 0.15) is 44.1 Å². The third-order valence-corrected chi connectivity index (χ3v) is 6.31. The van der Waals surface area contributed by atoms with Crippen molar-refractivity contribution in [2.24, 2.45) is 0 Å². The molecule has 0 unspecified atom stereocenters. The molecule has 18 heavy (non-hydrogen) atoms. The minimum Gasteiger partial charge on any atom is -0.496 e. The van der Waals surface area contributed by atoms with Crippen LogP contribution in [0.4, 0.5) is 0 Å². The Hall–Kier alpha value is -0.210. The van der Waals surface area contributed by atoms with E-state index in [1.54, 1.807) is 7.11 Å². The molecular weight excluding hydrogens is 312 g/mol. The Labute approximate surface area is 122 Å². The SMILES string of the molecule is COc1ccc(Cl)cc1C12CCC(Br)(CC1)CC2. The summed E-state index contributed by atoms with van der Waals surface area (Å²) < 4.78 is 5.97. The predicted molar refractivity (Wildman–Crippen MR) is 79.0 cm³/mol. The van der Waals surface area contributed by atoms with E-state index in [0.717, 1.165) is 10.8 Å². The highest BCUT2D eigenvalue weighted by Crippen LogP contribution is 2.58. The third kappa shape index (κ3) is 1.98. The van der Waals surface area contributed by atoms with Gasteiger partial charge in [-0.15, -0.1) is 0 Å². The Kier molecular flexibility index (Phi) is 3.14. The van der Waals surface area contributed by atoms with Gasteiger partial charge in [-0.2, -0.15) is 0 Å². The van der Waals surface area contributed by atoms with Gasteiger partial charge < -0.3 is 4.74 Å². The summed E-state index contributed by atoms with van der Waals surface area (Å²) in [5, 5.41) is 0.821. The summed E-state index contributed by atoms with van der Waals surface area (Å²) in [6.45, 7) is 0. The quantitative estimate of drug-likeness (QED) is 0.687. The van der Waals surface area contributed by atoms with E-state index in [-0.39, 0.29) is 0 Å². The van der Waals surface area contributed by atoms with Crippen molar-refractivity contribution in [2.75, 3.05) is 7.11 Å². The van der Waals surface area contributed by atoms with E-state index in [4.69, 9.17) is 16.3 Å². The molecule has 3 aliphatic rings. The maximum atomic E-state index is 6.19. The monoisotopic (exact) mass is 328 g/mol. The van der Waals surface area contributed by atoms with Gasteiger partial charge in [-0.25, -0.2) is 0 Å². The lowest BCUT2D eigenvalue weighted by Crippen LogP contribution is -2.44. The summed E-state index contributed by atoms with van der Waals surface area (Å²) in [7, 11) is 1.75. The molecular formula is C15H18BrClO. The number of methoxy groups -OCH3 is 1. The number of hydrogen-bond donors (Lipinski definition) is 0. The number of hydrogen-bond acceptors (Lipinski definition) is 1. The van der Waals surface area contributed by atoms with Crippen LogP contribution in [-0.4, -0.2) is 11.4 Å². The number of alkyl halides is 1. The van der Waals surface area contributed by atoms with E-state index >= 15 is 0 Å². The fraction of sp³-hybridized carbons (Fsp3) is 0.600. The lowest BCUT2D eigenvalue weighted by Gasteiger charge is -2.51. The zero-order valence-corrected chi connectivity index (χ0v) is 13.0. The molecule has 0 aromatic heterocycles. The van der Waals surface area contributed by atoms with Gasteiger partial charge in [-0.1, -0.05) is 27.5 Å². The second kappa shape index (κ2) is 4.42. The normalized spacial score (nSPS) is 34.6. The molecule has 3 saturated carbocycles. The fourth-order valence-electron chi connectivity index (χ4n) is 3.64. The first kappa shape index (κ1) is 12.8. The highest BCUT2D eigenvalue weighted by molar-refractivity contribution is 9.10. The van der Waals surface area contributed by atoms with Crippen molar-refractivity contribution in [3.8, 4) is 5.75 Å². The maximum absolute atomic E-state index is 6.19. The van der Waals surface area contributed by atoms with Crippen LogP contribution in [0, 0.1) is 0 Å². The molecule has 3 heteroatoms. The van der Waals surface area contributed by atoms with E-state index < -0.39 is 0 Å². The fourth-order valence-corrected chi connectivity index (χ4v) is 4.41. The first-order valence-electron chi connectivity index (χ1n) is 6.60. The molecule has 3 aliphatic carbocycles. The smallest absolute Gasteiger partial charge is 0.122 e. The molecule has 0 N–H and O–H groups in total. The molecule has 1 aromatic carbocycles. The summed E-state index contributed by atoms with van der Waals surface area (Å²) in [6.07, 6.45) is 7.53. The van der Waals surface area contributed by atoms with Gasteiger partial charge in [0.25, 0.3) is 0 Å². The standard InChI is InChI=1S/C15H18BrClO/c1-18-13-3-2-11(17)10-12(13)14-4-7-15(16,8-5-14)9-6-14/h2-3,10H,4-9H2,1H3. The Bertz CT molecular complexity index is 447. The van der Waals surface area contributed by atoms with Gasteiger partial charge in [0.2, 0.25) is 0 Å². The van der Waals surface area contributed by atoms with Gasteiger partial charge in [0.05, 0.1) is 7.11 Å². The molecule has 0 heterocycles. The molecule has 3 fully saturated rings. The van der Waals surface area contributed by atoms with Gasteiger partial charge in [0.15, 0.2) is 0 Å². The number of ether oxygens (including phenoxy) is 1. The van der Waals surface area contributed by atoms with Crippen LogP contribution in [0.15, 0.2) is 18.2 Å². The summed E-state index contributed by atoms with van der Waals surface area (Å²) in [5.74, 6) is 1.00.